The van der Waals surface area contributed by atoms with E-state index in [4.69, 9.17) is 5.11 Å². The molecule has 5 nitrogen and oxygen atoms in total. The monoisotopic (exact) mass is 388 g/mol. The van der Waals surface area contributed by atoms with Gasteiger partial charge in [0.2, 0.25) is 0 Å². The molecule has 0 bridgehead atoms. The minimum atomic E-state index is -0.856. The highest BCUT2D eigenvalue weighted by molar-refractivity contribution is 5.92. The van der Waals surface area contributed by atoms with Crippen molar-refractivity contribution in [3.8, 4) is 0 Å². The van der Waals surface area contributed by atoms with E-state index in [0.717, 1.165) is 12.0 Å². The van der Waals surface area contributed by atoms with Crippen molar-refractivity contribution in [3.63, 3.8) is 0 Å². The fraction of sp³-hybridized carbons (Fsp3) is 0.609. The van der Waals surface area contributed by atoms with Crippen LogP contribution >= 0.6 is 0 Å². The predicted molar refractivity (Wildman–Crippen MR) is 114 cm³/mol. The largest absolute Gasteiger partial charge is 0.481 e. The molecule has 0 fully saturated rings. The summed E-state index contributed by atoms with van der Waals surface area (Å²) in [5, 5.41) is 11.3. The highest BCUT2D eigenvalue weighted by atomic mass is 16.4. The van der Waals surface area contributed by atoms with Gasteiger partial charge in [-0.05, 0) is 30.9 Å². The molecule has 0 aliphatic carbocycles. The Bertz CT molecular complexity index is 582. The standard InChI is InChI=1S/C23H36N2O3/c1-2-3-4-5-6-7-8-9-10-11-12-14-20-16-17-21(25-19-20)23(28)24-18-13-15-22(26)27/h12,14,16-17,19H,2-11,13,15,18H2,1H3,(H,24,28)(H,26,27)/b14-12+. The van der Waals surface area contributed by atoms with Gasteiger partial charge in [-0.2, -0.15) is 0 Å². The molecule has 0 saturated carbocycles. The van der Waals surface area contributed by atoms with Gasteiger partial charge in [0.15, 0.2) is 0 Å². The molecule has 5 heteroatoms. The van der Waals surface area contributed by atoms with E-state index in [9.17, 15) is 9.59 Å². The van der Waals surface area contributed by atoms with Crippen LogP contribution < -0.4 is 5.32 Å². The second-order valence-corrected chi connectivity index (χ2v) is 7.25. The summed E-state index contributed by atoms with van der Waals surface area (Å²) in [5.41, 5.74) is 1.34. The zero-order valence-corrected chi connectivity index (χ0v) is 17.3. The van der Waals surface area contributed by atoms with Crippen molar-refractivity contribution in [2.24, 2.45) is 0 Å². The SMILES string of the molecule is CCCCCCCCCCC/C=C/c1ccc(C(=O)NCCCC(=O)O)nc1. The Morgan fingerprint density at radius 2 is 1.68 bits per heavy atom. The number of pyridine rings is 1. The summed E-state index contributed by atoms with van der Waals surface area (Å²) in [6.07, 6.45) is 19.5. The van der Waals surface area contributed by atoms with E-state index in [-0.39, 0.29) is 12.3 Å². The molecule has 0 unspecified atom stereocenters. The topological polar surface area (TPSA) is 79.3 Å². The maximum Gasteiger partial charge on any atom is 0.303 e. The van der Waals surface area contributed by atoms with E-state index >= 15 is 0 Å². The molecule has 0 aliphatic rings. The summed E-state index contributed by atoms with van der Waals surface area (Å²) in [6.45, 7) is 2.59. The number of nitrogens with zero attached hydrogens (tertiary/aromatic N) is 1. The molecule has 0 aliphatic heterocycles. The summed E-state index contributed by atoms with van der Waals surface area (Å²) >= 11 is 0. The number of hydrogen-bond donors (Lipinski definition) is 2. The fourth-order valence-electron chi connectivity index (χ4n) is 2.96. The molecule has 0 saturated heterocycles. The average Bonchev–Trinajstić information content (AvgIpc) is 2.69. The first-order valence-electron chi connectivity index (χ1n) is 10.8. The van der Waals surface area contributed by atoms with Gasteiger partial charge in [0.05, 0.1) is 0 Å². The van der Waals surface area contributed by atoms with E-state index < -0.39 is 5.97 Å². The van der Waals surface area contributed by atoms with Crippen molar-refractivity contribution < 1.29 is 14.7 Å². The van der Waals surface area contributed by atoms with Gasteiger partial charge in [0, 0.05) is 19.2 Å². The van der Waals surface area contributed by atoms with Crippen LogP contribution in [-0.2, 0) is 4.79 Å². The van der Waals surface area contributed by atoms with Crippen LogP contribution in [0.15, 0.2) is 24.4 Å². The van der Waals surface area contributed by atoms with Gasteiger partial charge in [-0.1, -0.05) is 76.5 Å². The number of carbonyl (C=O) groups is 2. The maximum absolute atomic E-state index is 11.9. The number of allylic oxidation sites excluding steroid dienone is 1. The van der Waals surface area contributed by atoms with Crippen molar-refractivity contribution in [2.75, 3.05) is 6.54 Å². The van der Waals surface area contributed by atoms with Crippen molar-refractivity contribution in [2.45, 2.75) is 84.0 Å². The molecule has 0 atom stereocenters. The van der Waals surface area contributed by atoms with Crippen LogP contribution in [0.2, 0.25) is 0 Å². The van der Waals surface area contributed by atoms with Crippen LogP contribution in [0.4, 0.5) is 0 Å². The van der Waals surface area contributed by atoms with Crippen molar-refractivity contribution in [1.29, 1.82) is 0 Å². The number of aromatic nitrogens is 1. The lowest BCUT2D eigenvalue weighted by atomic mass is 10.1. The Hall–Kier alpha value is -2.17. The normalized spacial score (nSPS) is 11.0. The van der Waals surface area contributed by atoms with Gasteiger partial charge in [-0.15, -0.1) is 0 Å². The van der Waals surface area contributed by atoms with Crippen LogP contribution in [-0.4, -0.2) is 28.5 Å². The van der Waals surface area contributed by atoms with Crippen molar-refractivity contribution in [3.05, 3.63) is 35.7 Å². The average molecular weight is 389 g/mol. The third-order valence-corrected chi connectivity index (χ3v) is 4.66. The third kappa shape index (κ3) is 12.3. The van der Waals surface area contributed by atoms with E-state index in [2.05, 4.69) is 23.3 Å². The number of nitrogens with one attached hydrogen (secondary N) is 1. The van der Waals surface area contributed by atoms with Gasteiger partial charge >= 0.3 is 5.97 Å². The number of carbonyl (C=O) groups excluding carboxylic acids is 1. The van der Waals surface area contributed by atoms with Crippen molar-refractivity contribution >= 4 is 18.0 Å². The van der Waals surface area contributed by atoms with Crippen LogP contribution in [0.1, 0.15) is 100 Å². The quantitative estimate of drug-likeness (QED) is 0.361. The van der Waals surface area contributed by atoms with Gasteiger partial charge in [-0.25, -0.2) is 0 Å². The number of unbranched alkanes of at least 4 members (excludes halogenated alkanes) is 9. The Morgan fingerprint density at radius 1 is 1.00 bits per heavy atom. The summed E-state index contributed by atoms with van der Waals surface area (Å²) in [6, 6.07) is 3.58. The first-order chi connectivity index (χ1) is 13.6. The lowest BCUT2D eigenvalue weighted by Gasteiger charge is -2.03. The Kier molecular flexibility index (Phi) is 13.5. The molecule has 1 aromatic rings. The lowest BCUT2D eigenvalue weighted by Crippen LogP contribution is -2.25. The third-order valence-electron chi connectivity index (χ3n) is 4.66. The summed E-state index contributed by atoms with van der Waals surface area (Å²) in [5.74, 6) is -1.12. The Labute approximate surface area is 169 Å². The first kappa shape index (κ1) is 23.9. The van der Waals surface area contributed by atoms with Crippen LogP contribution in [0.25, 0.3) is 6.08 Å². The van der Waals surface area contributed by atoms with Crippen LogP contribution in [0, 0.1) is 0 Å². The van der Waals surface area contributed by atoms with Crippen molar-refractivity contribution in [1.82, 2.24) is 10.3 Å². The smallest absolute Gasteiger partial charge is 0.303 e. The van der Waals surface area contributed by atoms with E-state index in [1.54, 1.807) is 12.3 Å². The number of carboxylic acids is 1. The fourth-order valence-corrected chi connectivity index (χ4v) is 2.96. The molecule has 1 rings (SSSR count). The zero-order chi connectivity index (χ0) is 20.5. The van der Waals surface area contributed by atoms with Gasteiger partial charge in [0.1, 0.15) is 5.69 Å². The highest BCUT2D eigenvalue weighted by Gasteiger charge is 2.06. The molecule has 156 valence electrons. The number of hydrogen-bond acceptors (Lipinski definition) is 3. The second kappa shape index (κ2) is 15.8. The first-order valence-corrected chi connectivity index (χ1v) is 10.8. The minimum Gasteiger partial charge on any atom is -0.481 e. The van der Waals surface area contributed by atoms with Crippen LogP contribution in [0.5, 0.6) is 0 Å². The van der Waals surface area contributed by atoms with E-state index in [1.807, 2.05) is 12.1 Å². The molecule has 0 spiro atoms. The highest BCUT2D eigenvalue weighted by Crippen LogP contribution is 2.11. The number of carboxylic acid groups (broad SMARTS) is 1. The van der Waals surface area contributed by atoms with E-state index in [0.29, 0.717) is 18.7 Å². The van der Waals surface area contributed by atoms with Gasteiger partial charge < -0.3 is 10.4 Å². The second-order valence-electron chi connectivity index (χ2n) is 7.25. The number of amides is 1. The van der Waals surface area contributed by atoms with Gasteiger partial charge in [0.25, 0.3) is 5.91 Å². The molecular weight excluding hydrogens is 352 g/mol. The summed E-state index contributed by atoms with van der Waals surface area (Å²) in [4.78, 5) is 26.5. The zero-order valence-electron chi connectivity index (χ0n) is 17.3. The molecule has 1 amide bonds. The van der Waals surface area contributed by atoms with E-state index in [1.165, 1.54) is 57.8 Å². The molecule has 1 aromatic heterocycles. The molecule has 0 radical (unpaired) electrons. The molecule has 1 heterocycles. The van der Waals surface area contributed by atoms with Crippen LogP contribution in [0.3, 0.4) is 0 Å². The Morgan fingerprint density at radius 3 is 2.29 bits per heavy atom. The number of aliphatic carboxylic acids is 1. The lowest BCUT2D eigenvalue weighted by molar-refractivity contribution is -0.137. The molecule has 2 N–H and O–H groups in total. The molecule has 28 heavy (non-hydrogen) atoms. The molecule has 0 aromatic carbocycles. The van der Waals surface area contributed by atoms with Gasteiger partial charge in [-0.3, -0.25) is 14.6 Å². The Balaban J connectivity index is 2.13. The summed E-state index contributed by atoms with van der Waals surface area (Å²) in [7, 11) is 0. The minimum absolute atomic E-state index is 0.0520. The molecular formula is C23H36N2O3. The summed E-state index contributed by atoms with van der Waals surface area (Å²) < 4.78 is 0. The predicted octanol–water partition coefficient (Wildman–Crippen LogP) is 5.61. The maximum atomic E-state index is 11.9. The number of rotatable bonds is 16.